The number of carbonyl (C=O) groups is 3. The fourth-order valence-electron chi connectivity index (χ4n) is 2.36. The minimum atomic E-state index is -6.02. The maximum atomic E-state index is 13.1. The van der Waals surface area contributed by atoms with Crippen LogP contribution in [0.25, 0.3) is 0 Å². The fourth-order valence-corrected chi connectivity index (χ4v) is 2.36. The van der Waals surface area contributed by atoms with E-state index in [2.05, 4.69) is 5.32 Å². The molecule has 11 heteroatoms. The quantitative estimate of drug-likeness (QED) is 0.542. The number of carbonyl (C=O) groups excluding carboxylic acids is 3. The third kappa shape index (κ3) is 2.40. The molecule has 2 rings (SSSR count). The van der Waals surface area contributed by atoms with Crippen LogP contribution in [0.3, 0.4) is 0 Å². The number of nitrogens with zero attached hydrogens (tertiary/aromatic N) is 1. The maximum Gasteiger partial charge on any atom is 0.463 e. The standard InChI is InChI=1S/C10H10F5N3O3/c11-9(12,10(13,14)15)6(20)18-3-1-2-8(4-18)5(19)16-7(21)17-8/h1-4H2,(H2,16,17,19,21). The summed E-state index contributed by atoms with van der Waals surface area (Å²) in [4.78, 5) is 34.4. The molecular weight excluding hydrogens is 305 g/mol. The molecule has 2 N–H and O–H groups in total. The predicted molar refractivity (Wildman–Crippen MR) is 56.2 cm³/mol. The molecule has 2 aliphatic heterocycles. The van der Waals surface area contributed by atoms with Gasteiger partial charge >= 0.3 is 24.0 Å². The van der Waals surface area contributed by atoms with Crippen molar-refractivity contribution in [3.05, 3.63) is 0 Å². The molecule has 2 aliphatic rings. The molecule has 2 heterocycles. The molecule has 0 aromatic heterocycles. The first-order valence-electron chi connectivity index (χ1n) is 5.87. The van der Waals surface area contributed by atoms with Crippen LogP contribution in [0.4, 0.5) is 26.7 Å². The maximum absolute atomic E-state index is 13.1. The number of halogens is 5. The van der Waals surface area contributed by atoms with E-state index in [9.17, 15) is 36.3 Å². The highest BCUT2D eigenvalue weighted by Gasteiger charge is 2.65. The Morgan fingerprint density at radius 1 is 1.19 bits per heavy atom. The lowest BCUT2D eigenvalue weighted by molar-refractivity contribution is -0.275. The lowest BCUT2D eigenvalue weighted by Crippen LogP contribution is -2.63. The van der Waals surface area contributed by atoms with E-state index in [4.69, 9.17) is 0 Å². The number of nitrogens with one attached hydrogen (secondary N) is 2. The topological polar surface area (TPSA) is 78.5 Å². The number of amides is 4. The molecule has 2 saturated heterocycles. The summed E-state index contributed by atoms with van der Waals surface area (Å²) in [7, 11) is 0. The van der Waals surface area contributed by atoms with Crippen LogP contribution in [0, 0.1) is 0 Å². The van der Waals surface area contributed by atoms with E-state index in [0.29, 0.717) is 0 Å². The van der Waals surface area contributed by atoms with Crippen LogP contribution in [0.15, 0.2) is 0 Å². The summed E-state index contributed by atoms with van der Waals surface area (Å²) in [6.45, 7) is -1.08. The van der Waals surface area contributed by atoms with Gasteiger partial charge in [0.15, 0.2) is 0 Å². The van der Waals surface area contributed by atoms with Gasteiger partial charge in [-0.3, -0.25) is 14.9 Å². The Bertz CT molecular complexity index is 507. The molecule has 0 aliphatic carbocycles. The van der Waals surface area contributed by atoms with Crippen LogP contribution < -0.4 is 10.6 Å². The second kappa shape index (κ2) is 4.53. The molecule has 1 unspecified atom stereocenters. The number of likely N-dealkylation sites (tertiary alicyclic amines) is 1. The van der Waals surface area contributed by atoms with Crippen molar-refractivity contribution in [2.45, 2.75) is 30.5 Å². The Morgan fingerprint density at radius 3 is 2.29 bits per heavy atom. The van der Waals surface area contributed by atoms with Crippen LogP contribution in [0.2, 0.25) is 0 Å². The number of imide groups is 1. The zero-order valence-electron chi connectivity index (χ0n) is 10.4. The van der Waals surface area contributed by atoms with Gasteiger partial charge in [0.05, 0.1) is 6.54 Å². The van der Waals surface area contributed by atoms with Crippen molar-refractivity contribution in [3.63, 3.8) is 0 Å². The van der Waals surface area contributed by atoms with Crippen molar-refractivity contribution in [2.75, 3.05) is 13.1 Å². The molecule has 0 aromatic carbocycles. The Balaban J connectivity index is 2.21. The van der Waals surface area contributed by atoms with Crippen molar-refractivity contribution in [1.29, 1.82) is 0 Å². The van der Waals surface area contributed by atoms with Gasteiger partial charge in [-0.05, 0) is 12.8 Å². The molecule has 0 saturated carbocycles. The average molecular weight is 315 g/mol. The number of rotatable bonds is 1. The summed E-state index contributed by atoms with van der Waals surface area (Å²) in [6, 6.07) is -0.878. The van der Waals surface area contributed by atoms with Gasteiger partial charge in [0.2, 0.25) is 0 Å². The van der Waals surface area contributed by atoms with Crippen molar-refractivity contribution in [1.82, 2.24) is 15.5 Å². The van der Waals surface area contributed by atoms with E-state index in [1.807, 2.05) is 5.32 Å². The molecule has 4 amide bonds. The number of hydrogen-bond acceptors (Lipinski definition) is 3. The lowest BCUT2D eigenvalue weighted by Gasteiger charge is -2.39. The lowest BCUT2D eigenvalue weighted by atomic mass is 9.89. The summed E-state index contributed by atoms with van der Waals surface area (Å²) in [5, 5.41) is 4.04. The van der Waals surface area contributed by atoms with E-state index in [-0.39, 0.29) is 24.3 Å². The largest absolute Gasteiger partial charge is 0.463 e. The number of alkyl halides is 5. The van der Waals surface area contributed by atoms with Gasteiger partial charge in [-0.15, -0.1) is 0 Å². The van der Waals surface area contributed by atoms with Gasteiger partial charge in [-0.1, -0.05) is 0 Å². The zero-order chi connectivity index (χ0) is 16.1. The van der Waals surface area contributed by atoms with Gasteiger partial charge in [0.25, 0.3) is 5.91 Å². The molecule has 6 nitrogen and oxygen atoms in total. The summed E-state index contributed by atoms with van der Waals surface area (Å²) < 4.78 is 62.7. The highest BCUT2D eigenvalue weighted by Crippen LogP contribution is 2.38. The predicted octanol–water partition coefficient (Wildman–Crippen LogP) is 0.385. The minimum Gasteiger partial charge on any atom is -0.334 e. The van der Waals surface area contributed by atoms with Gasteiger partial charge in [0.1, 0.15) is 5.54 Å². The van der Waals surface area contributed by atoms with Crippen LogP contribution in [0.5, 0.6) is 0 Å². The van der Waals surface area contributed by atoms with E-state index >= 15 is 0 Å². The van der Waals surface area contributed by atoms with E-state index in [1.165, 1.54) is 0 Å². The van der Waals surface area contributed by atoms with Crippen LogP contribution >= 0.6 is 0 Å². The van der Waals surface area contributed by atoms with E-state index < -0.39 is 42.0 Å². The smallest absolute Gasteiger partial charge is 0.334 e. The second-order valence-corrected chi connectivity index (χ2v) is 4.89. The highest BCUT2D eigenvalue weighted by atomic mass is 19.4. The van der Waals surface area contributed by atoms with E-state index in [1.54, 1.807) is 0 Å². The SMILES string of the molecule is O=C1NC(=O)C2(CCCN(C(=O)C(F)(F)C(F)(F)F)C2)N1. The Labute approximate surface area is 114 Å². The number of hydrogen-bond donors (Lipinski definition) is 2. The highest BCUT2D eigenvalue weighted by molar-refractivity contribution is 6.07. The van der Waals surface area contributed by atoms with Crippen LogP contribution in [-0.2, 0) is 9.59 Å². The third-order valence-electron chi connectivity index (χ3n) is 3.42. The van der Waals surface area contributed by atoms with E-state index in [0.717, 1.165) is 0 Å². The number of urea groups is 1. The summed E-state index contributed by atoms with van der Waals surface area (Å²) in [6.07, 6.45) is -5.96. The van der Waals surface area contributed by atoms with Gasteiger partial charge in [-0.25, -0.2) is 4.79 Å². The van der Waals surface area contributed by atoms with Crippen molar-refractivity contribution >= 4 is 17.8 Å². The monoisotopic (exact) mass is 315 g/mol. The van der Waals surface area contributed by atoms with Crippen LogP contribution in [-0.4, -0.2) is 53.5 Å². The molecular formula is C10H10F5N3O3. The van der Waals surface area contributed by atoms with Crippen molar-refractivity contribution in [3.8, 4) is 0 Å². The summed E-state index contributed by atoms with van der Waals surface area (Å²) >= 11 is 0. The Hall–Kier alpha value is -1.94. The third-order valence-corrected chi connectivity index (χ3v) is 3.42. The van der Waals surface area contributed by atoms with Gasteiger partial charge in [0, 0.05) is 6.54 Å². The molecule has 0 aromatic rings. The summed E-state index contributed by atoms with van der Waals surface area (Å²) in [5.41, 5.74) is -1.65. The van der Waals surface area contributed by atoms with Gasteiger partial charge < -0.3 is 10.2 Å². The first-order valence-corrected chi connectivity index (χ1v) is 5.87. The fraction of sp³-hybridized carbons (Fsp3) is 0.700. The molecule has 118 valence electrons. The molecule has 0 bridgehead atoms. The second-order valence-electron chi connectivity index (χ2n) is 4.89. The molecule has 2 fully saturated rings. The first-order chi connectivity index (χ1) is 9.49. The molecule has 1 spiro atoms. The number of piperidine rings is 1. The molecule has 0 radical (unpaired) electrons. The van der Waals surface area contributed by atoms with Crippen molar-refractivity contribution < 1.29 is 36.3 Å². The average Bonchev–Trinajstić information content (AvgIpc) is 2.61. The first kappa shape index (κ1) is 15.4. The molecule has 21 heavy (non-hydrogen) atoms. The summed E-state index contributed by atoms with van der Waals surface area (Å²) in [5.74, 6) is -8.81. The zero-order valence-corrected chi connectivity index (χ0v) is 10.4. The van der Waals surface area contributed by atoms with Crippen LogP contribution in [0.1, 0.15) is 12.8 Å². The van der Waals surface area contributed by atoms with Crippen molar-refractivity contribution in [2.24, 2.45) is 0 Å². The Morgan fingerprint density at radius 2 is 1.81 bits per heavy atom. The normalized spacial score (nSPS) is 26.8. The van der Waals surface area contributed by atoms with Gasteiger partial charge in [-0.2, -0.15) is 22.0 Å². The Kier molecular flexibility index (Phi) is 3.33. The minimum absolute atomic E-state index is 0.00732. The molecule has 1 atom stereocenters.